The Morgan fingerprint density at radius 3 is 2.58 bits per heavy atom. The van der Waals surface area contributed by atoms with Gasteiger partial charge in [0.25, 0.3) is 0 Å². The van der Waals surface area contributed by atoms with Gasteiger partial charge in [-0.15, -0.1) is 0 Å². The van der Waals surface area contributed by atoms with Crippen LogP contribution in [0, 0.1) is 23.2 Å². The van der Waals surface area contributed by atoms with Crippen molar-refractivity contribution in [1.29, 1.82) is 0 Å². The van der Waals surface area contributed by atoms with Gasteiger partial charge in [-0.25, -0.2) is 0 Å². The molecular formula is C19H29N2O4Si. The lowest BCUT2D eigenvalue weighted by molar-refractivity contribution is -0.151. The van der Waals surface area contributed by atoms with Crippen LogP contribution in [0.25, 0.3) is 0 Å². The van der Waals surface area contributed by atoms with Crippen molar-refractivity contribution in [2.24, 2.45) is 23.2 Å². The van der Waals surface area contributed by atoms with E-state index >= 15 is 0 Å². The van der Waals surface area contributed by atoms with E-state index in [0.29, 0.717) is 12.4 Å². The van der Waals surface area contributed by atoms with Gasteiger partial charge in [-0.05, 0) is 43.5 Å². The van der Waals surface area contributed by atoms with Crippen LogP contribution in [0.5, 0.6) is 5.75 Å². The zero-order chi connectivity index (χ0) is 19.5. The topological polar surface area (TPSA) is 77.5 Å². The van der Waals surface area contributed by atoms with Crippen LogP contribution in [0.15, 0.2) is 24.5 Å². The smallest absolute Gasteiger partial charge is 0.316 e. The molecule has 0 spiro atoms. The molecule has 7 heteroatoms. The molecule has 2 rings (SSSR count). The van der Waals surface area contributed by atoms with Crippen molar-refractivity contribution in [3.05, 3.63) is 24.5 Å². The average Bonchev–Trinajstić information content (AvgIpc) is 2.55. The minimum Gasteiger partial charge on any atom is -0.425 e. The van der Waals surface area contributed by atoms with Gasteiger partial charge >= 0.3 is 5.97 Å². The molecule has 0 unspecified atom stereocenters. The first-order valence-corrected chi connectivity index (χ1v) is 11.4. The van der Waals surface area contributed by atoms with Gasteiger partial charge in [0.1, 0.15) is 5.75 Å². The first kappa shape index (κ1) is 20.6. The summed E-state index contributed by atoms with van der Waals surface area (Å²) in [6.07, 6.45) is 3.12. The number of esters is 1. The van der Waals surface area contributed by atoms with Gasteiger partial charge < -0.3 is 14.5 Å². The van der Waals surface area contributed by atoms with Crippen LogP contribution in [-0.4, -0.2) is 38.5 Å². The van der Waals surface area contributed by atoms with Gasteiger partial charge in [-0.3, -0.25) is 14.6 Å². The van der Waals surface area contributed by atoms with Crippen molar-refractivity contribution in [2.75, 3.05) is 6.61 Å². The molecule has 1 amide bonds. The van der Waals surface area contributed by atoms with E-state index in [9.17, 15) is 9.59 Å². The summed E-state index contributed by atoms with van der Waals surface area (Å²) in [5, 5.41) is 2.90. The predicted molar refractivity (Wildman–Crippen MR) is 101 cm³/mol. The zero-order valence-electron chi connectivity index (χ0n) is 16.4. The number of pyridine rings is 1. The van der Waals surface area contributed by atoms with Crippen LogP contribution < -0.4 is 10.1 Å². The summed E-state index contributed by atoms with van der Waals surface area (Å²) in [4.78, 5) is 28.8. The quantitative estimate of drug-likeness (QED) is 0.449. The van der Waals surface area contributed by atoms with Crippen molar-refractivity contribution in [1.82, 2.24) is 10.3 Å². The van der Waals surface area contributed by atoms with Crippen LogP contribution >= 0.6 is 0 Å². The number of ether oxygens (including phenoxy) is 1. The van der Waals surface area contributed by atoms with Crippen molar-refractivity contribution in [3.8, 4) is 5.75 Å². The third kappa shape index (κ3) is 4.91. The van der Waals surface area contributed by atoms with Gasteiger partial charge in [0.05, 0.1) is 24.1 Å². The van der Waals surface area contributed by atoms with Gasteiger partial charge in [-0.1, -0.05) is 20.8 Å². The SMILES string of the molecule is C[C@@H](C(=O)Oc1cccnc1)[C@H]1NC(=O)[C@H]1[C@@H](CO[Si](C)C)C(C)(C)C. The molecule has 0 bridgehead atoms. The number of amides is 1. The molecule has 1 aromatic rings. The standard InChI is InChI=1S/C19H29N2O4Si/c1-12(18(23)25-13-8-7-9-20-10-13)16-15(17(22)21-16)14(19(2,3)4)11-24-26(5)6/h7-10,12,14-16H,11H2,1-6H3,(H,21,22)/t12-,14-,15+,16-/m1/s1. The van der Waals surface area contributed by atoms with Gasteiger partial charge in [0.2, 0.25) is 14.9 Å². The third-order valence-electron chi connectivity index (χ3n) is 4.86. The fraction of sp³-hybridized carbons (Fsp3) is 0.632. The molecule has 0 aliphatic carbocycles. The summed E-state index contributed by atoms with van der Waals surface area (Å²) in [5.41, 5.74) is -0.106. The van der Waals surface area contributed by atoms with Crippen LogP contribution in [0.1, 0.15) is 27.7 Å². The Balaban J connectivity index is 2.10. The second-order valence-electron chi connectivity index (χ2n) is 8.15. The largest absolute Gasteiger partial charge is 0.425 e. The summed E-state index contributed by atoms with van der Waals surface area (Å²) < 4.78 is 11.3. The summed E-state index contributed by atoms with van der Waals surface area (Å²) in [6.45, 7) is 12.8. The van der Waals surface area contributed by atoms with Crippen molar-refractivity contribution in [3.63, 3.8) is 0 Å². The maximum absolute atomic E-state index is 12.5. The minimum atomic E-state index is -0.847. The Morgan fingerprint density at radius 2 is 2.08 bits per heavy atom. The van der Waals surface area contributed by atoms with Crippen LogP contribution in [0.2, 0.25) is 13.1 Å². The number of aromatic nitrogens is 1. The van der Waals surface area contributed by atoms with Gasteiger partial charge in [-0.2, -0.15) is 0 Å². The minimum absolute atomic E-state index is 0.0134. The highest BCUT2D eigenvalue weighted by atomic mass is 28.3. The second kappa shape index (κ2) is 8.31. The normalized spacial score (nSPS) is 22.3. The Labute approximate surface area is 157 Å². The number of nitrogens with one attached hydrogen (secondary N) is 1. The molecule has 2 heterocycles. The highest BCUT2D eigenvalue weighted by molar-refractivity contribution is 6.48. The molecule has 6 nitrogen and oxygen atoms in total. The van der Waals surface area contributed by atoms with Crippen molar-refractivity contribution >= 4 is 20.9 Å². The Kier molecular flexibility index (Phi) is 6.57. The number of rotatable bonds is 7. The second-order valence-corrected chi connectivity index (χ2v) is 10.3. The molecule has 0 saturated carbocycles. The maximum Gasteiger partial charge on any atom is 0.316 e. The lowest BCUT2D eigenvalue weighted by Gasteiger charge is -2.48. The molecule has 1 radical (unpaired) electrons. The van der Waals surface area contributed by atoms with Crippen molar-refractivity contribution in [2.45, 2.75) is 46.8 Å². The summed E-state index contributed by atoms with van der Waals surface area (Å²) in [7, 11) is -0.847. The summed E-state index contributed by atoms with van der Waals surface area (Å²) >= 11 is 0. The predicted octanol–water partition coefficient (Wildman–Crippen LogP) is 2.67. The number of carbonyl (C=O) groups excluding carboxylic acids is 2. The highest BCUT2D eigenvalue weighted by Crippen LogP contribution is 2.40. The molecular weight excluding hydrogens is 348 g/mol. The number of hydrogen-bond donors (Lipinski definition) is 1. The number of β-lactam (4-membered cyclic amide) rings is 1. The molecule has 0 aromatic carbocycles. The molecule has 4 atom stereocenters. The van der Waals surface area contributed by atoms with E-state index in [0.717, 1.165) is 0 Å². The molecule has 1 saturated heterocycles. The van der Waals surface area contributed by atoms with E-state index in [2.05, 4.69) is 44.2 Å². The van der Waals surface area contributed by atoms with E-state index in [-0.39, 0.29) is 35.2 Å². The van der Waals surface area contributed by atoms with Crippen LogP contribution in [-0.2, 0) is 14.0 Å². The van der Waals surface area contributed by atoms with E-state index in [1.165, 1.54) is 6.20 Å². The molecule has 1 aliphatic rings. The van der Waals surface area contributed by atoms with Crippen LogP contribution in [0.4, 0.5) is 0 Å². The number of nitrogens with zero attached hydrogens (tertiary/aromatic N) is 1. The Morgan fingerprint density at radius 1 is 1.38 bits per heavy atom. The Bertz CT molecular complexity index is 630. The Hall–Kier alpha value is -1.73. The maximum atomic E-state index is 12.5. The molecule has 143 valence electrons. The molecule has 1 fully saturated rings. The van der Waals surface area contributed by atoms with E-state index < -0.39 is 15.0 Å². The molecule has 1 aliphatic heterocycles. The molecule has 26 heavy (non-hydrogen) atoms. The summed E-state index contributed by atoms with van der Waals surface area (Å²) in [5.74, 6) is -0.636. The van der Waals surface area contributed by atoms with Gasteiger partial charge in [0.15, 0.2) is 0 Å². The monoisotopic (exact) mass is 377 g/mol. The first-order chi connectivity index (χ1) is 12.1. The fourth-order valence-corrected chi connectivity index (χ4v) is 3.71. The van der Waals surface area contributed by atoms with Gasteiger partial charge in [0, 0.05) is 12.8 Å². The third-order valence-corrected chi connectivity index (χ3v) is 5.60. The molecule has 1 aromatic heterocycles. The van der Waals surface area contributed by atoms with E-state index in [1.807, 2.05) is 0 Å². The summed E-state index contributed by atoms with van der Waals surface area (Å²) in [6, 6.07) is 3.15. The lowest BCUT2D eigenvalue weighted by atomic mass is 9.65. The first-order valence-electron chi connectivity index (χ1n) is 8.96. The molecule has 1 N–H and O–H groups in total. The van der Waals surface area contributed by atoms with E-state index in [4.69, 9.17) is 9.16 Å². The van der Waals surface area contributed by atoms with Crippen LogP contribution in [0.3, 0.4) is 0 Å². The van der Waals surface area contributed by atoms with Crippen molar-refractivity contribution < 1.29 is 18.8 Å². The fourth-order valence-electron chi connectivity index (χ4n) is 3.20. The zero-order valence-corrected chi connectivity index (χ0v) is 17.4. The van der Waals surface area contributed by atoms with E-state index in [1.54, 1.807) is 25.3 Å². The lowest BCUT2D eigenvalue weighted by Crippen LogP contribution is -2.66. The number of carbonyl (C=O) groups is 2. The number of hydrogen-bond acceptors (Lipinski definition) is 5. The average molecular weight is 378 g/mol. The highest BCUT2D eigenvalue weighted by Gasteiger charge is 2.52.